The van der Waals surface area contributed by atoms with Crippen LogP contribution >= 0.6 is 7.60 Å². The first-order valence-electron chi connectivity index (χ1n) is 7.97. The molecule has 0 heterocycles. The first-order chi connectivity index (χ1) is 11.9. The second-order valence-corrected chi connectivity index (χ2v) is 7.80. The summed E-state index contributed by atoms with van der Waals surface area (Å²) in [5.41, 5.74) is 1.16. The van der Waals surface area contributed by atoms with Gasteiger partial charge in [-0.25, -0.2) is 0 Å². The van der Waals surface area contributed by atoms with Gasteiger partial charge in [-0.3, -0.25) is 4.57 Å². The number of hydrogen-bond acceptors (Lipinski definition) is 1. The van der Waals surface area contributed by atoms with Crippen molar-refractivity contribution in [3.8, 4) is 0 Å². The number of benzene rings is 4. The van der Waals surface area contributed by atoms with Gasteiger partial charge in [-0.15, -0.1) is 6.58 Å². The highest BCUT2D eigenvalue weighted by Crippen LogP contribution is 2.44. The highest BCUT2D eigenvalue weighted by atomic mass is 31.2. The van der Waals surface area contributed by atoms with Crippen molar-refractivity contribution >= 4 is 50.8 Å². The number of hydrogen-bond donors (Lipinski definition) is 2. The maximum absolute atomic E-state index is 12.3. The second-order valence-electron chi connectivity index (χ2n) is 6.27. The van der Waals surface area contributed by atoms with Crippen LogP contribution in [0.1, 0.15) is 12.0 Å². The zero-order chi connectivity index (χ0) is 17.8. The lowest BCUT2D eigenvalue weighted by Gasteiger charge is -2.19. The standard InChI is InChI=1S/C21H17O3P/c1-3-5-13(2)18-12-16-9-8-14-6-4-7-15-10-11-17(20(16)19(14)15)21(18)25(22,23)24/h3-4,6-12H,1-2,5H2,(H2,22,23,24). The van der Waals surface area contributed by atoms with Gasteiger partial charge in [0.25, 0.3) is 0 Å². The average Bonchev–Trinajstić information content (AvgIpc) is 2.58. The van der Waals surface area contributed by atoms with Crippen molar-refractivity contribution in [1.82, 2.24) is 0 Å². The molecule has 0 atom stereocenters. The van der Waals surface area contributed by atoms with Gasteiger partial charge < -0.3 is 9.79 Å². The van der Waals surface area contributed by atoms with Crippen LogP contribution in [0, 0.1) is 0 Å². The predicted molar refractivity (Wildman–Crippen MR) is 106 cm³/mol. The third kappa shape index (κ3) is 2.40. The molecule has 4 rings (SSSR count). The van der Waals surface area contributed by atoms with Crippen LogP contribution < -0.4 is 5.30 Å². The molecule has 4 aromatic carbocycles. The van der Waals surface area contributed by atoms with Crippen molar-refractivity contribution in [3.05, 3.63) is 73.3 Å². The summed E-state index contributed by atoms with van der Waals surface area (Å²) in [4.78, 5) is 20.1. The molecule has 0 aliphatic heterocycles. The fourth-order valence-electron chi connectivity index (χ4n) is 3.66. The Morgan fingerprint density at radius 1 is 1.00 bits per heavy atom. The van der Waals surface area contributed by atoms with Crippen LogP contribution in [0.25, 0.3) is 37.9 Å². The molecule has 0 bridgehead atoms. The van der Waals surface area contributed by atoms with Crippen LogP contribution in [0.2, 0.25) is 0 Å². The van der Waals surface area contributed by atoms with Crippen LogP contribution in [0.3, 0.4) is 0 Å². The van der Waals surface area contributed by atoms with Gasteiger partial charge in [-0.1, -0.05) is 55.1 Å². The fourth-order valence-corrected chi connectivity index (χ4v) is 4.70. The number of rotatable bonds is 4. The largest absolute Gasteiger partial charge is 0.357 e. The average molecular weight is 348 g/mol. The van der Waals surface area contributed by atoms with E-state index in [2.05, 4.69) is 13.2 Å². The molecule has 0 amide bonds. The molecule has 0 unspecified atom stereocenters. The molecule has 0 aliphatic rings. The van der Waals surface area contributed by atoms with Crippen LogP contribution in [0.4, 0.5) is 0 Å². The molecule has 4 heteroatoms. The minimum atomic E-state index is -4.49. The Bertz CT molecular complexity index is 1180. The topological polar surface area (TPSA) is 57.5 Å². The predicted octanol–water partition coefficient (Wildman–Crippen LogP) is 4.98. The van der Waals surface area contributed by atoms with E-state index in [1.54, 1.807) is 6.08 Å². The van der Waals surface area contributed by atoms with Crippen molar-refractivity contribution < 1.29 is 14.4 Å². The van der Waals surface area contributed by atoms with Gasteiger partial charge in [-0.05, 0) is 55.9 Å². The van der Waals surface area contributed by atoms with E-state index >= 15 is 0 Å². The first kappa shape index (κ1) is 16.0. The fraction of sp³-hybridized carbons (Fsp3) is 0.0476. The van der Waals surface area contributed by atoms with E-state index in [9.17, 15) is 14.4 Å². The molecule has 0 spiro atoms. The number of allylic oxidation sites excluding steroid dienone is 2. The lowest BCUT2D eigenvalue weighted by molar-refractivity contribution is 0.387. The van der Waals surface area contributed by atoms with E-state index < -0.39 is 7.60 Å². The maximum atomic E-state index is 12.3. The van der Waals surface area contributed by atoms with Crippen molar-refractivity contribution in [2.45, 2.75) is 6.42 Å². The van der Waals surface area contributed by atoms with Crippen LogP contribution in [-0.2, 0) is 4.57 Å². The summed E-state index contributed by atoms with van der Waals surface area (Å²) in [7, 11) is -4.49. The van der Waals surface area contributed by atoms with Gasteiger partial charge in [0.15, 0.2) is 0 Å². The van der Waals surface area contributed by atoms with E-state index in [1.165, 1.54) is 0 Å². The summed E-state index contributed by atoms with van der Waals surface area (Å²) < 4.78 is 12.3. The highest BCUT2D eigenvalue weighted by Gasteiger charge is 2.27. The monoisotopic (exact) mass is 348 g/mol. The zero-order valence-electron chi connectivity index (χ0n) is 13.6. The molecule has 0 saturated heterocycles. The highest BCUT2D eigenvalue weighted by molar-refractivity contribution is 7.61. The molecule has 124 valence electrons. The molecule has 0 aromatic heterocycles. The molecule has 25 heavy (non-hydrogen) atoms. The smallest absolute Gasteiger partial charge is 0.321 e. The van der Waals surface area contributed by atoms with Gasteiger partial charge in [0, 0.05) is 0 Å². The lowest BCUT2D eigenvalue weighted by atomic mass is 9.91. The van der Waals surface area contributed by atoms with Crippen LogP contribution in [-0.4, -0.2) is 9.79 Å². The summed E-state index contributed by atoms with van der Waals surface area (Å²) in [5, 5.41) is 5.66. The normalized spacial score (nSPS) is 12.2. The Morgan fingerprint density at radius 2 is 1.64 bits per heavy atom. The van der Waals surface area contributed by atoms with Gasteiger partial charge in [0.1, 0.15) is 0 Å². The van der Waals surface area contributed by atoms with Gasteiger partial charge >= 0.3 is 7.60 Å². The van der Waals surface area contributed by atoms with Gasteiger partial charge in [0.2, 0.25) is 0 Å². The van der Waals surface area contributed by atoms with Crippen molar-refractivity contribution in [2.24, 2.45) is 0 Å². The third-order valence-electron chi connectivity index (χ3n) is 4.68. The van der Waals surface area contributed by atoms with Gasteiger partial charge in [-0.2, -0.15) is 0 Å². The lowest BCUT2D eigenvalue weighted by Crippen LogP contribution is -2.12. The SMILES string of the molecule is C=CCC(=C)c1cc2ccc3cccc4ccc(c1P(=O)(O)O)c2c34. The second kappa shape index (κ2) is 5.53. The van der Waals surface area contributed by atoms with Crippen LogP contribution in [0.15, 0.2) is 67.8 Å². The maximum Gasteiger partial charge on any atom is 0.357 e. The van der Waals surface area contributed by atoms with E-state index in [-0.39, 0.29) is 5.30 Å². The molecule has 3 nitrogen and oxygen atoms in total. The van der Waals surface area contributed by atoms with E-state index in [1.807, 2.05) is 48.5 Å². The Morgan fingerprint density at radius 3 is 2.28 bits per heavy atom. The Labute approximate surface area is 145 Å². The molecule has 4 aromatic rings. The summed E-state index contributed by atoms with van der Waals surface area (Å²) >= 11 is 0. The Kier molecular flexibility index (Phi) is 3.55. The molecule has 0 saturated carbocycles. The molecule has 0 fully saturated rings. The first-order valence-corrected chi connectivity index (χ1v) is 9.58. The zero-order valence-corrected chi connectivity index (χ0v) is 14.5. The quantitative estimate of drug-likeness (QED) is 0.311. The summed E-state index contributed by atoms with van der Waals surface area (Å²) in [5.74, 6) is 0. The van der Waals surface area contributed by atoms with Crippen molar-refractivity contribution in [1.29, 1.82) is 0 Å². The molecule has 0 radical (unpaired) electrons. The van der Waals surface area contributed by atoms with E-state index in [0.29, 0.717) is 22.9 Å². The molecular formula is C21H17O3P. The van der Waals surface area contributed by atoms with Crippen molar-refractivity contribution in [3.63, 3.8) is 0 Å². The summed E-state index contributed by atoms with van der Waals surface area (Å²) in [6.07, 6.45) is 2.16. The minimum Gasteiger partial charge on any atom is -0.321 e. The van der Waals surface area contributed by atoms with Crippen LogP contribution in [0.5, 0.6) is 0 Å². The Hall–Kier alpha value is -2.45. The summed E-state index contributed by atoms with van der Waals surface area (Å²) in [6.45, 7) is 7.71. The summed E-state index contributed by atoms with van der Waals surface area (Å²) in [6, 6.07) is 15.6. The molecule has 2 N–H and O–H groups in total. The van der Waals surface area contributed by atoms with Crippen molar-refractivity contribution in [2.75, 3.05) is 0 Å². The van der Waals surface area contributed by atoms with Gasteiger partial charge in [0.05, 0.1) is 5.30 Å². The third-order valence-corrected chi connectivity index (χ3v) is 5.75. The molecule has 0 aliphatic carbocycles. The Balaban J connectivity index is 2.26. The van der Waals surface area contributed by atoms with E-state index in [4.69, 9.17) is 0 Å². The minimum absolute atomic E-state index is 0.0603. The molecular weight excluding hydrogens is 331 g/mol. The van der Waals surface area contributed by atoms with E-state index in [0.717, 1.165) is 26.9 Å².